The van der Waals surface area contributed by atoms with Gasteiger partial charge in [-0.15, -0.1) is 0 Å². The van der Waals surface area contributed by atoms with E-state index in [0.717, 1.165) is 22.4 Å². The van der Waals surface area contributed by atoms with E-state index < -0.39 is 0 Å². The molecule has 1 amide bonds. The molecule has 1 N–H and O–H groups in total. The van der Waals surface area contributed by atoms with E-state index in [-0.39, 0.29) is 5.91 Å². The molecule has 2 aromatic carbocycles. The van der Waals surface area contributed by atoms with Crippen molar-refractivity contribution in [1.82, 2.24) is 0 Å². The predicted molar refractivity (Wildman–Crippen MR) is 95.3 cm³/mol. The lowest BCUT2D eigenvalue weighted by Crippen LogP contribution is -2.13. The number of rotatable bonds is 3. The van der Waals surface area contributed by atoms with Crippen molar-refractivity contribution in [2.24, 2.45) is 0 Å². The zero-order chi connectivity index (χ0) is 17.1. The maximum absolute atomic E-state index is 12.6. The Kier molecular flexibility index (Phi) is 4.38. The second-order valence-electron chi connectivity index (χ2n) is 5.75. The number of nitrogens with one attached hydrogen (secondary N) is 1. The van der Waals surface area contributed by atoms with Gasteiger partial charge < -0.3 is 14.8 Å². The third kappa shape index (κ3) is 3.49. The Bertz CT molecular complexity index is 830. The summed E-state index contributed by atoms with van der Waals surface area (Å²) in [4.78, 5) is 12.6. The fourth-order valence-corrected chi connectivity index (χ4v) is 2.66. The van der Waals surface area contributed by atoms with Crippen molar-refractivity contribution in [1.29, 1.82) is 0 Å². The van der Waals surface area contributed by atoms with Gasteiger partial charge in [-0.3, -0.25) is 4.79 Å². The Morgan fingerprint density at radius 1 is 1.08 bits per heavy atom. The van der Waals surface area contributed by atoms with Gasteiger partial charge in [0.15, 0.2) is 0 Å². The van der Waals surface area contributed by atoms with Crippen LogP contribution < -0.4 is 14.8 Å². The largest absolute Gasteiger partial charge is 0.497 e. The van der Waals surface area contributed by atoms with Gasteiger partial charge >= 0.3 is 0 Å². The Morgan fingerprint density at radius 3 is 2.54 bits per heavy atom. The van der Waals surface area contributed by atoms with Gasteiger partial charge in [0.1, 0.15) is 11.5 Å². The number of fused-ring (bicyclic) bond motifs is 1. The van der Waals surface area contributed by atoms with E-state index in [1.807, 2.05) is 44.2 Å². The van der Waals surface area contributed by atoms with Gasteiger partial charge in [-0.05, 0) is 67.5 Å². The van der Waals surface area contributed by atoms with E-state index in [0.29, 0.717) is 17.1 Å². The number of carbonyl (C=O) groups is 1. The van der Waals surface area contributed by atoms with Crippen molar-refractivity contribution in [2.75, 3.05) is 12.4 Å². The topological polar surface area (TPSA) is 47.6 Å². The molecule has 0 saturated heterocycles. The monoisotopic (exact) mass is 321 g/mol. The molecule has 0 radical (unpaired) electrons. The minimum absolute atomic E-state index is 0.185. The summed E-state index contributed by atoms with van der Waals surface area (Å²) < 4.78 is 10.8. The number of hydrogen-bond donors (Lipinski definition) is 1. The summed E-state index contributed by atoms with van der Waals surface area (Å²) >= 11 is 0. The van der Waals surface area contributed by atoms with E-state index in [9.17, 15) is 4.79 Å². The van der Waals surface area contributed by atoms with Crippen LogP contribution in [0.15, 0.2) is 54.3 Å². The van der Waals surface area contributed by atoms with Crippen molar-refractivity contribution in [3.63, 3.8) is 0 Å². The van der Waals surface area contributed by atoms with E-state index >= 15 is 0 Å². The van der Waals surface area contributed by atoms with Crippen molar-refractivity contribution < 1.29 is 14.3 Å². The number of methoxy groups -OCH3 is 1. The second-order valence-corrected chi connectivity index (χ2v) is 5.75. The first-order valence-electron chi connectivity index (χ1n) is 7.68. The van der Waals surface area contributed by atoms with Crippen LogP contribution in [0.4, 0.5) is 5.69 Å². The Morgan fingerprint density at radius 2 is 1.83 bits per heavy atom. The Balaban J connectivity index is 1.89. The minimum atomic E-state index is -0.185. The zero-order valence-corrected chi connectivity index (χ0v) is 13.9. The summed E-state index contributed by atoms with van der Waals surface area (Å²) in [5, 5.41) is 2.94. The lowest BCUT2D eigenvalue weighted by molar-refractivity contribution is -0.112. The van der Waals surface area contributed by atoms with Gasteiger partial charge in [-0.2, -0.15) is 0 Å². The fourth-order valence-electron chi connectivity index (χ4n) is 2.66. The molecular formula is C20H19NO3. The van der Waals surface area contributed by atoms with Gasteiger partial charge in [-0.1, -0.05) is 6.07 Å². The van der Waals surface area contributed by atoms with E-state index in [1.165, 1.54) is 6.26 Å². The van der Waals surface area contributed by atoms with Crippen LogP contribution in [0.25, 0.3) is 6.08 Å². The molecule has 2 aromatic rings. The molecule has 1 aliphatic heterocycles. The quantitative estimate of drug-likeness (QED) is 0.920. The van der Waals surface area contributed by atoms with Gasteiger partial charge in [0.05, 0.1) is 13.4 Å². The zero-order valence-electron chi connectivity index (χ0n) is 13.9. The van der Waals surface area contributed by atoms with E-state index in [4.69, 9.17) is 9.47 Å². The molecule has 4 nitrogen and oxygen atoms in total. The number of ether oxygens (including phenoxy) is 2. The standard InChI is InChI=1S/C20H19NO3/c1-13-8-14(2)10-17(9-13)21-20(22)15-6-7-24-19-5-4-18(23-3)12-16(19)11-15/h4-12H,1-3H3,(H,21,22). The molecule has 0 saturated carbocycles. The van der Waals surface area contributed by atoms with E-state index in [2.05, 4.69) is 11.4 Å². The number of hydrogen-bond acceptors (Lipinski definition) is 3. The van der Waals surface area contributed by atoms with Crippen LogP contribution in [0, 0.1) is 13.8 Å². The fraction of sp³-hybridized carbons (Fsp3) is 0.150. The lowest BCUT2D eigenvalue weighted by atomic mass is 10.1. The molecular weight excluding hydrogens is 302 g/mol. The van der Waals surface area contributed by atoms with Crippen LogP contribution in [-0.2, 0) is 4.79 Å². The summed E-state index contributed by atoms with van der Waals surface area (Å²) in [6.45, 7) is 4.01. The van der Waals surface area contributed by atoms with Gasteiger partial charge in [-0.25, -0.2) is 0 Å². The third-order valence-electron chi connectivity index (χ3n) is 3.71. The Labute approximate surface area is 141 Å². The SMILES string of the molecule is COc1ccc2c(c1)C=C(C(=O)Nc1cc(C)cc(C)c1)C=CO2. The van der Waals surface area contributed by atoms with Crippen molar-refractivity contribution in [3.05, 3.63) is 71.0 Å². The number of anilines is 1. The molecule has 4 heteroatoms. The maximum Gasteiger partial charge on any atom is 0.255 e. The first kappa shape index (κ1) is 15.9. The first-order valence-corrected chi connectivity index (χ1v) is 7.68. The highest BCUT2D eigenvalue weighted by Gasteiger charge is 2.13. The molecule has 0 unspecified atom stereocenters. The van der Waals surface area contributed by atoms with Gasteiger partial charge in [0.2, 0.25) is 0 Å². The van der Waals surface area contributed by atoms with Crippen LogP contribution in [0.2, 0.25) is 0 Å². The molecule has 1 heterocycles. The van der Waals surface area contributed by atoms with E-state index in [1.54, 1.807) is 19.3 Å². The highest BCUT2D eigenvalue weighted by Crippen LogP contribution is 2.29. The van der Waals surface area contributed by atoms with Crippen LogP contribution in [0.3, 0.4) is 0 Å². The summed E-state index contributed by atoms with van der Waals surface area (Å²) in [5.74, 6) is 1.21. The van der Waals surface area contributed by atoms with Gasteiger partial charge in [0.25, 0.3) is 5.91 Å². The molecule has 24 heavy (non-hydrogen) atoms. The van der Waals surface area contributed by atoms with Crippen molar-refractivity contribution in [3.8, 4) is 11.5 Å². The second kappa shape index (κ2) is 6.62. The summed E-state index contributed by atoms with van der Waals surface area (Å²) in [6, 6.07) is 11.4. The van der Waals surface area contributed by atoms with Crippen LogP contribution in [0.1, 0.15) is 16.7 Å². The van der Waals surface area contributed by atoms with Crippen LogP contribution in [-0.4, -0.2) is 13.0 Å². The summed E-state index contributed by atoms with van der Waals surface area (Å²) in [5.41, 5.74) is 4.30. The number of aryl methyl sites for hydroxylation is 2. The molecule has 3 rings (SSSR count). The smallest absolute Gasteiger partial charge is 0.255 e. The lowest BCUT2D eigenvalue weighted by Gasteiger charge is -2.08. The average molecular weight is 321 g/mol. The Hall–Kier alpha value is -3.01. The number of amides is 1. The molecule has 0 aliphatic carbocycles. The predicted octanol–water partition coefficient (Wildman–Crippen LogP) is 4.24. The maximum atomic E-state index is 12.6. The van der Waals surface area contributed by atoms with Crippen molar-refractivity contribution in [2.45, 2.75) is 13.8 Å². The molecule has 122 valence electrons. The molecule has 0 fully saturated rings. The minimum Gasteiger partial charge on any atom is -0.497 e. The molecule has 0 spiro atoms. The highest BCUT2D eigenvalue weighted by atomic mass is 16.5. The van der Waals surface area contributed by atoms with Gasteiger partial charge in [0, 0.05) is 16.8 Å². The number of carbonyl (C=O) groups excluding carboxylic acids is 1. The highest BCUT2D eigenvalue weighted by molar-refractivity contribution is 6.09. The average Bonchev–Trinajstić information content (AvgIpc) is 2.75. The summed E-state index contributed by atoms with van der Waals surface area (Å²) in [7, 11) is 1.61. The van der Waals surface area contributed by atoms with Crippen LogP contribution in [0.5, 0.6) is 11.5 Å². The molecule has 1 aliphatic rings. The molecule has 0 atom stereocenters. The third-order valence-corrected chi connectivity index (χ3v) is 3.71. The number of benzene rings is 2. The molecule has 0 aromatic heterocycles. The van der Waals surface area contributed by atoms with Crippen LogP contribution >= 0.6 is 0 Å². The molecule has 0 bridgehead atoms. The normalized spacial score (nSPS) is 12.5. The van der Waals surface area contributed by atoms with Crippen molar-refractivity contribution >= 4 is 17.7 Å². The summed E-state index contributed by atoms with van der Waals surface area (Å²) in [6.07, 6.45) is 4.97. The first-order chi connectivity index (χ1) is 11.5.